The number of aryl methyl sites for hydroxylation is 2. The van der Waals surface area contributed by atoms with Gasteiger partial charge in [-0.1, -0.05) is 33.2 Å². The summed E-state index contributed by atoms with van der Waals surface area (Å²) in [5, 5.41) is 11.2. The van der Waals surface area contributed by atoms with Crippen molar-refractivity contribution in [3.05, 3.63) is 93.4 Å². The SMILES string of the molecule is Cc1noc(C)c1COc1ccc(C(=O)Nc2ccn(Cc3ccc(Br)cc3)n2)cc1. The van der Waals surface area contributed by atoms with Crippen LogP contribution in [0, 0.1) is 13.8 Å². The Kier molecular flexibility index (Phi) is 6.18. The third-order valence-electron chi connectivity index (χ3n) is 4.82. The Morgan fingerprint density at radius 2 is 1.84 bits per heavy atom. The van der Waals surface area contributed by atoms with E-state index in [4.69, 9.17) is 9.26 Å². The van der Waals surface area contributed by atoms with Crippen molar-refractivity contribution in [1.29, 1.82) is 0 Å². The molecule has 0 aliphatic heterocycles. The van der Waals surface area contributed by atoms with Gasteiger partial charge in [-0.05, 0) is 55.8 Å². The third kappa shape index (κ3) is 5.21. The molecule has 31 heavy (non-hydrogen) atoms. The molecule has 8 heteroatoms. The predicted octanol–water partition coefficient (Wildman–Crippen LogP) is 5.13. The fourth-order valence-electron chi connectivity index (χ4n) is 3.05. The number of aromatic nitrogens is 3. The van der Waals surface area contributed by atoms with Crippen LogP contribution in [0.2, 0.25) is 0 Å². The summed E-state index contributed by atoms with van der Waals surface area (Å²) in [7, 11) is 0. The second kappa shape index (κ2) is 9.18. The van der Waals surface area contributed by atoms with E-state index in [0.29, 0.717) is 30.3 Å². The van der Waals surface area contributed by atoms with Crippen LogP contribution in [0.25, 0.3) is 0 Å². The number of carbonyl (C=O) groups excluding carboxylic acids is 1. The van der Waals surface area contributed by atoms with Gasteiger partial charge in [-0.25, -0.2) is 0 Å². The fraction of sp³-hybridized carbons (Fsp3) is 0.174. The van der Waals surface area contributed by atoms with Gasteiger partial charge in [-0.2, -0.15) is 5.10 Å². The number of halogens is 1. The van der Waals surface area contributed by atoms with Crippen LogP contribution in [-0.2, 0) is 13.2 Å². The molecule has 0 unspecified atom stereocenters. The van der Waals surface area contributed by atoms with E-state index in [9.17, 15) is 4.79 Å². The molecule has 158 valence electrons. The Balaban J connectivity index is 1.33. The third-order valence-corrected chi connectivity index (χ3v) is 5.35. The first-order valence-corrected chi connectivity index (χ1v) is 10.5. The van der Waals surface area contributed by atoms with Gasteiger partial charge in [-0.3, -0.25) is 9.48 Å². The minimum atomic E-state index is -0.230. The van der Waals surface area contributed by atoms with E-state index < -0.39 is 0 Å². The molecule has 0 saturated heterocycles. The average Bonchev–Trinajstić information content (AvgIpc) is 3.34. The Labute approximate surface area is 188 Å². The van der Waals surface area contributed by atoms with Crippen LogP contribution in [0.3, 0.4) is 0 Å². The Morgan fingerprint density at radius 1 is 1.10 bits per heavy atom. The Hall–Kier alpha value is -3.39. The molecular weight excluding hydrogens is 460 g/mol. The molecule has 0 saturated carbocycles. The molecule has 7 nitrogen and oxygen atoms in total. The molecule has 2 aromatic carbocycles. The van der Waals surface area contributed by atoms with Crippen LogP contribution >= 0.6 is 15.9 Å². The largest absolute Gasteiger partial charge is 0.489 e. The highest BCUT2D eigenvalue weighted by Crippen LogP contribution is 2.19. The molecule has 2 aromatic heterocycles. The van der Waals surface area contributed by atoms with Gasteiger partial charge >= 0.3 is 0 Å². The summed E-state index contributed by atoms with van der Waals surface area (Å²) in [4.78, 5) is 12.5. The molecule has 0 radical (unpaired) electrons. The second-order valence-electron chi connectivity index (χ2n) is 7.09. The Morgan fingerprint density at radius 3 is 2.52 bits per heavy atom. The van der Waals surface area contributed by atoms with Crippen LogP contribution in [0.4, 0.5) is 5.82 Å². The smallest absolute Gasteiger partial charge is 0.256 e. The van der Waals surface area contributed by atoms with Crippen LogP contribution in [0.1, 0.15) is 32.9 Å². The van der Waals surface area contributed by atoms with Crippen LogP contribution in [0.5, 0.6) is 5.75 Å². The van der Waals surface area contributed by atoms with Crippen LogP contribution < -0.4 is 10.1 Å². The van der Waals surface area contributed by atoms with Crippen molar-refractivity contribution in [1.82, 2.24) is 14.9 Å². The molecule has 0 spiro atoms. The maximum absolute atomic E-state index is 12.5. The lowest BCUT2D eigenvalue weighted by Gasteiger charge is -2.07. The minimum Gasteiger partial charge on any atom is -0.489 e. The van der Waals surface area contributed by atoms with Gasteiger partial charge in [0.25, 0.3) is 5.91 Å². The highest BCUT2D eigenvalue weighted by Gasteiger charge is 2.11. The summed E-state index contributed by atoms with van der Waals surface area (Å²) >= 11 is 3.43. The number of anilines is 1. The number of nitrogens with one attached hydrogen (secondary N) is 1. The highest BCUT2D eigenvalue weighted by molar-refractivity contribution is 9.10. The number of rotatable bonds is 7. The van der Waals surface area contributed by atoms with Crippen LogP contribution in [-0.4, -0.2) is 20.8 Å². The summed E-state index contributed by atoms with van der Waals surface area (Å²) < 4.78 is 13.7. The summed E-state index contributed by atoms with van der Waals surface area (Å²) in [5.74, 6) is 1.68. The summed E-state index contributed by atoms with van der Waals surface area (Å²) in [5.41, 5.74) is 3.39. The molecule has 4 aromatic rings. The molecule has 0 fully saturated rings. The second-order valence-corrected chi connectivity index (χ2v) is 8.01. The summed E-state index contributed by atoms with van der Waals surface area (Å²) in [6, 6.07) is 16.8. The van der Waals surface area contributed by atoms with Crippen molar-refractivity contribution in [3.63, 3.8) is 0 Å². The molecule has 2 heterocycles. The maximum atomic E-state index is 12.5. The number of benzene rings is 2. The lowest BCUT2D eigenvalue weighted by atomic mass is 10.2. The molecule has 0 aliphatic carbocycles. The van der Waals surface area contributed by atoms with Gasteiger partial charge in [0, 0.05) is 22.3 Å². The molecule has 1 N–H and O–H groups in total. The number of hydrogen-bond acceptors (Lipinski definition) is 5. The van der Waals surface area contributed by atoms with Gasteiger partial charge in [0.1, 0.15) is 18.1 Å². The monoisotopic (exact) mass is 480 g/mol. The highest BCUT2D eigenvalue weighted by atomic mass is 79.9. The van der Waals surface area contributed by atoms with E-state index in [1.54, 1.807) is 35.0 Å². The normalized spacial score (nSPS) is 10.8. The van der Waals surface area contributed by atoms with E-state index >= 15 is 0 Å². The topological polar surface area (TPSA) is 82.2 Å². The first-order valence-electron chi connectivity index (χ1n) is 9.72. The van der Waals surface area contributed by atoms with Crippen molar-refractivity contribution >= 4 is 27.7 Å². The van der Waals surface area contributed by atoms with Crippen LogP contribution in [0.15, 0.2) is 69.8 Å². The summed E-state index contributed by atoms with van der Waals surface area (Å²) in [6.07, 6.45) is 1.84. The zero-order valence-corrected chi connectivity index (χ0v) is 18.7. The lowest BCUT2D eigenvalue weighted by molar-refractivity contribution is 0.102. The number of nitrogens with zero attached hydrogens (tertiary/aromatic N) is 3. The van der Waals surface area contributed by atoms with E-state index in [2.05, 4.69) is 31.5 Å². The number of carbonyl (C=O) groups is 1. The minimum absolute atomic E-state index is 0.230. The van der Waals surface area contributed by atoms with E-state index in [-0.39, 0.29) is 5.91 Å². The molecule has 4 rings (SSSR count). The average molecular weight is 481 g/mol. The zero-order chi connectivity index (χ0) is 21.8. The van der Waals surface area contributed by atoms with Gasteiger partial charge in [0.2, 0.25) is 0 Å². The van der Waals surface area contributed by atoms with E-state index in [0.717, 1.165) is 27.1 Å². The zero-order valence-electron chi connectivity index (χ0n) is 17.1. The molecule has 0 bridgehead atoms. The molecule has 0 atom stereocenters. The fourth-order valence-corrected chi connectivity index (χ4v) is 3.31. The van der Waals surface area contributed by atoms with Gasteiger partial charge in [-0.15, -0.1) is 0 Å². The lowest BCUT2D eigenvalue weighted by Crippen LogP contribution is -2.12. The number of ether oxygens (including phenoxy) is 1. The molecule has 0 aliphatic rings. The summed E-state index contributed by atoms with van der Waals surface area (Å²) in [6.45, 7) is 4.72. The first kappa shape index (κ1) is 20.9. The van der Waals surface area contributed by atoms with Gasteiger partial charge in [0.05, 0.1) is 17.8 Å². The van der Waals surface area contributed by atoms with E-state index in [1.165, 1.54) is 0 Å². The van der Waals surface area contributed by atoms with Crippen molar-refractivity contribution in [2.45, 2.75) is 27.0 Å². The van der Waals surface area contributed by atoms with Gasteiger partial charge < -0.3 is 14.6 Å². The first-order chi connectivity index (χ1) is 15.0. The molecular formula is C23H21BrN4O3. The van der Waals surface area contributed by atoms with Crippen molar-refractivity contribution < 1.29 is 14.1 Å². The standard InChI is InChI=1S/C23H21BrN4O3/c1-15-21(16(2)31-27-15)14-30-20-9-5-18(6-10-20)23(29)25-22-11-12-28(26-22)13-17-3-7-19(24)8-4-17/h3-12H,13-14H2,1-2H3,(H,25,26,29). The van der Waals surface area contributed by atoms with Crippen molar-refractivity contribution in [2.24, 2.45) is 0 Å². The number of amides is 1. The van der Waals surface area contributed by atoms with E-state index in [1.807, 2.05) is 44.3 Å². The van der Waals surface area contributed by atoms with Gasteiger partial charge in [0.15, 0.2) is 5.82 Å². The van der Waals surface area contributed by atoms with Crippen molar-refractivity contribution in [2.75, 3.05) is 5.32 Å². The Bertz CT molecular complexity index is 1160. The predicted molar refractivity (Wildman–Crippen MR) is 120 cm³/mol. The quantitative estimate of drug-likeness (QED) is 0.396. The molecule has 1 amide bonds. The maximum Gasteiger partial charge on any atom is 0.256 e. The van der Waals surface area contributed by atoms with Crippen molar-refractivity contribution in [3.8, 4) is 5.75 Å². The number of hydrogen-bond donors (Lipinski definition) is 1.